The molecule has 1 unspecified atom stereocenters. The van der Waals surface area contributed by atoms with Crippen LogP contribution in [0.25, 0.3) is 0 Å². The van der Waals surface area contributed by atoms with E-state index in [-0.39, 0.29) is 5.84 Å². The lowest BCUT2D eigenvalue weighted by molar-refractivity contribution is -0.110. The minimum absolute atomic E-state index is 0.0295. The Morgan fingerprint density at radius 2 is 2.06 bits per heavy atom. The Bertz CT molecular complexity index is 518. The quantitative estimate of drug-likeness (QED) is 0.611. The van der Waals surface area contributed by atoms with Gasteiger partial charge in [0.2, 0.25) is 5.84 Å². The monoisotopic (exact) mass is 269 g/mol. The van der Waals surface area contributed by atoms with Gasteiger partial charge in [-0.05, 0) is 35.9 Å². The third-order valence-electron chi connectivity index (χ3n) is 2.57. The molecule has 0 radical (unpaired) electrons. The summed E-state index contributed by atoms with van der Waals surface area (Å²) in [5, 5.41) is 4.51. The van der Waals surface area contributed by atoms with Crippen LogP contribution in [-0.2, 0) is 9.59 Å². The molecule has 18 heavy (non-hydrogen) atoms. The molecule has 0 aromatic heterocycles. The molecule has 7 heteroatoms. The number of aldehydes is 1. The Hall–Kier alpha value is -1.95. The van der Waals surface area contributed by atoms with Gasteiger partial charge < -0.3 is 4.90 Å². The molecule has 94 valence electrons. The lowest BCUT2D eigenvalue weighted by atomic mass is 10.3. The lowest BCUT2D eigenvalue weighted by Gasteiger charge is -2.23. The predicted octanol–water partition coefficient (Wildman–Crippen LogP) is 1.18. The van der Waals surface area contributed by atoms with Crippen molar-refractivity contribution in [2.75, 3.05) is 12.1 Å². The summed E-state index contributed by atoms with van der Waals surface area (Å²) in [5.74, 6) is -0.426. The van der Waals surface area contributed by atoms with E-state index in [2.05, 4.69) is 5.10 Å². The number of amidine groups is 1. The van der Waals surface area contributed by atoms with Crippen LogP contribution >= 0.6 is 11.6 Å². The number of nitrogens with zero attached hydrogens (tertiary/aromatic N) is 3. The zero-order valence-electron chi connectivity index (χ0n) is 9.38. The Kier molecular flexibility index (Phi) is 3.29. The molecule has 1 aliphatic heterocycles. The van der Waals surface area contributed by atoms with Gasteiger partial charge in [-0.2, -0.15) is 0 Å². The van der Waals surface area contributed by atoms with Crippen LogP contribution in [0.3, 0.4) is 0 Å². The number of hydrogen-bond donors (Lipinski definition) is 0. The Labute approximate surface area is 107 Å². The molecule has 0 saturated carbocycles. The highest BCUT2D eigenvalue weighted by molar-refractivity contribution is 6.81. The zero-order chi connectivity index (χ0) is 13.3. The first kappa shape index (κ1) is 12.5. The van der Waals surface area contributed by atoms with Crippen LogP contribution in [0.4, 0.5) is 10.1 Å². The first-order chi connectivity index (χ1) is 8.54. The highest BCUT2D eigenvalue weighted by Gasteiger charge is 2.34. The Morgan fingerprint density at radius 1 is 1.44 bits per heavy atom. The summed E-state index contributed by atoms with van der Waals surface area (Å²) in [6.07, 6.45) is -0.146. The van der Waals surface area contributed by atoms with Gasteiger partial charge >= 0.3 is 0 Å². The summed E-state index contributed by atoms with van der Waals surface area (Å²) in [6.45, 7) is 0. The summed E-state index contributed by atoms with van der Waals surface area (Å²) in [6, 6.07) is 5.41. The summed E-state index contributed by atoms with van der Waals surface area (Å²) >= 11 is 5.37. The van der Waals surface area contributed by atoms with Gasteiger partial charge in [-0.3, -0.25) is 9.59 Å². The summed E-state index contributed by atoms with van der Waals surface area (Å²) in [4.78, 5) is 23.5. The first-order valence-corrected chi connectivity index (χ1v) is 5.43. The van der Waals surface area contributed by atoms with Crippen molar-refractivity contribution in [2.45, 2.75) is 6.17 Å². The van der Waals surface area contributed by atoms with Gasteiger partial charge in [-0.1, -0.05) is 0 Å². The molecular weight excluding hydrogens is 261 g/mol. The maximum Gasteiger partial charge on any atom is 0.289 e. The van der Waals surface area contributed by atoms with E-state index in [0.29, 0.717) is 12.0 Å². The molecule has 5 nitrogen and oxygen atoms in total. The third kappa shape index (κ3) is 2.06. The lowest BCUT2D eigenvalue weighted by Crippen LogP contribution is -2.42. The number of benzene rings is 1. The Morgan fingerprint density at radius 3 is 2.56 bits per heavy atom. The molecule has 0 saturated heterocycles. The van der Waals surface area contributed by atoms with Gasteiger partial charge in [-0.15, -0.1) is 5.10 Å². The number of carbonyl (C=O) groups is 2. The van der Waals surface area contributed by atoms with Crippen molar-refractivity contribution >= 4 is 34.7 Å². The second kappa shape index (κ2) is 4.73. The minimum atomic E-state index is -0.770. The van der Waals surface area contributed by atoms with E-state index in [4.69, 9.17) is 11.6 Å². The smallest absolute Gasteiger partial charge is 0.289 e. The molecule has 0 fully saturated rings. The number of hydrazone groups is 1. The van der Waals surface area contributed by atoms with Crippen LogP contribution in [0.2, 0.25) is 0 Å². The van der Waals surface area contributed by atoms with Crippen molar-refractivity contribution in [3.63, 3.8) is 0 Å². The summed E-state index contributed by atoms with van der Waals surface area (Å²) in [7, 11) is 1.53. The number of rotatable bonds is 3. The number of anilines is 1. The topological polar surface area (TPSA) is 53.0 Å². The van der Waals surface area contributed by atoms with E-state index in [1.165, 1.54) is 41.2 Å². The van der Waals surface area contributed by atoms with Crippen LogP contribution in [0.5, 0.6) is 0 Å². The van der Waals surface area contributed by atoms with Gasteiger partial charge in [0.15, 0.2) is 12.5 Å². The summed E-state index contributed by atoms with van der Waals surface area (Å²) < 4.78 is 12.8. The number of hydrogen-bond acceptors (Lipinski definition) is 5. The normalized spacial score (nSPS) is 18.8. The summed E-state index contributed by atoms with van der Waals surface area (Å²) in [5.41, 5.74) is 0.494. The van der Waals surface area contributed by atoms with Gasteiger partial charge in [0.1, 0.15) is 5.82 Å². The molecule has 1 aromatic rings. The van der Waals surface area contributed by atoms with Crippen LogP contribution in [0, 0.1) is 5.82 Å². The molecule has 0 bridgehead atoms. The molecule has 1 atom stereocenters. The van der Waals surface area contributed by atoms with E-state index < -0.39 is 17.2 Å². The number of likely N-dealkylation sites (N-methyl/N-ethyl adjacent to an activating group) is 1. The van der Waals surface area contributed by atoms with Crippen molar-refractivity contribution in [1.29, 1.82) is 0 Å². The highest BCUT2D eigenvalue weighted by atomic mass is 35.5. The van der Waals surface area contributed by atoms with Crippen molar-refractivity contribution in [3.8, 4) is 0 Å². The molecular formula is C11H9ClFN3O2. The fourth-order valence-electron chi connectivity index (χ4n) is 1.65. The van der Waals surface area contributed by atoms with Gasteiger partial charge in [-0.25, -0.2) is 9.40 Å². The molecule has 0 spiro atoms. The van der Waals surface area contributed by atoms with E-state index in [9.17, 15) is 14.0 Å². The predicted molar refractivity (Wildman–Crippen MR) is 64.8 cm³/mol. The van der Waals surface area contributed by atoms with E-state index in [0.717, 1.165) is 0 Å². The van der Waals surface area contributed by atoms with E-state index >= 15 is 0 Å². The molecule has 2 rings (SSSR count). The van der Waals surface area contributed by atoms with Crippen molar-refractivity contribution in [1.82, 2.24) is 4.90 Å². The van der Waals surface area contributed by atoms with E-state index in [1.807, 2.05) is 0 Å². The zero-order valence-corrected chi connectivity index (χ0v) is 10.1. The Balaban J connectivity index is 2.39. The number of halogens is 2. The van der Waals surface area contributed by atoms with Crippen molar-refractivity contribution in [3.05, 3.63) is 30.1 Å². The van der Waals surface area contributed by atoms with Gasteiger partial charge in [0.05, 0.1) is 5.69 Å². The molecule has 1 heterocycles. The van der Waals surface area contributed by atoms with E-state index in [1.54, 1.807) is 0 Å². The van der Waals surface area contributed by atoms with Crippen LogP contribution in [-0.4, -0.2) is 35.5 Å². The van der Waals surface area contributed by atoms with Crippen molar-refractivity contribution < 1.29 is 14.0 Å². The van der Waals surface area contributed by atoms with Gasteiger partial charge in [0, 0.05) is 7.05 Å². The van der Waals surface area contributed by atoms with Crippen LogP contribution in [0.15, 0.2) is 29.4 Å². The SMILES string of the molecule is CN1C(C(=O)Cl)=NN(c2ccc(F)cc2)C1C=O. The number of carbonyl (C=O) groups excluding carboxylic acids is 2. The maximum atomic E-state index is 12.8. The van der Waals surface area contributed by atoms with Gasteiger partial charge in [0.25, 0.3) is 5.24 Å². The molecule has 1 aromatic carbocycles. The first-order valence-electron chi connectivity index (χ1n) is 5.06. The van der Waals surface area contributed by atoms with Crippen LogP contribution < -0.4 is 5.01 Å². The average molecular weight is 270 g/mol. The standard InChI is InChI=1S/C11H9ClFN3O2/c1-15-9(6-17)16(14-11(15)10(12)18)8-4-2-7(13)3-5-8/h2-6,9H,1H3. The molecule has 0 amide bonds. The minimum Gasteiger partial charge on any atom is -0.326 e. The molecule has 0 aliphatic carbocycles. The van der Waals surface area contributed by atoms with Crippen LogP contribution in [0.1, 0.15) is 0 Å². The van der Waals surface area contributed by atoms with Crippen molar-refractivity contribution in [2.24, 2.45) is 5.10 Å². The second-order valence-corrected chi connectivity index (χ2v) is 4.02. The third-order valence-corrected chi connectivity index (χ3v) is 2.74. The molecule has 1 aliphatic rings. The fraction of sp³-hybridized carbons (Fsp3) is 0.182. The average Bonchev–Trinajstić information content (AvgIpc) is 2.67. The molecule has 0 N–H and O–H groups in total. The largest absolute Gasteiger partial charge is 0.326 e. The fourth-order valence-corrected chi connectivity index (χ4v) is 1.82. The second-order valence-electron chi connectivity index (χ2n) is 3.68. The highest BCUT2D eigenvalue weighted by Crippen LogP contribution is 2.24. The maximum absolute atomic E-state index is 12.8.